The van der Waals surface area contributed by atoms with Crippen LogP contribution >= 0.6 is 31.9 Å². The van der Waals surface area contributed by atoms with Gasteiger partial charge in [-0.1, -0.05) is 0 Å². The van der Waals surface area contributed by atoms with Crippen LogP contribution in [0.15, 0.2) is 21.1 Å². The molecule has 1 rings (SSSR count). The first-order valence-corrected chi connectivity index (χ1v) is 5.97. The van der Waals surface area contributed by atoms with Gasteiger partial charge < -0.3 is 14.6 Å². The number of aliphatic hydroxyl groups is 1. The minimum absolute atomic E-state index is 0.0178. The molecular formula is C10H12Br2O3. The molecule has 0 saturated heterocycles. The van der Waals surface area contributed by atoms with Crippen LogP contribution in [0.2, 0.25) is 0 Å². The molecule has 0 radical (unpaired) electrons. The van der Waals surface area contributed by atoms with Crippen molar-refractivity contribution < 1.29 is 14.6 Å². The normalized spacial score (nSPS) is 12.3. The van der Waals surface area contributed by atoms with Crippen molar-refractivity contribution in [3.8, 4) is 11.5 Å². The summed E-state index contributed by atoms with van der Waals surface area (Å²) < 4.78 is 12.2. The number of hydrogen-bond acceptors (Lipinski definition) is 3. The first-order chi connectivity index (χ1) is 7.08. The molecule has 0 bridgehead atoms. The Balaban J connectivity index is 2.95. The molecule has 1 aromatic rings. The van der Waals surface area contributed by atoms with Gasteiger partial charge in [0.1, 0.15) is 17.6 Å². The van der Waals surface area contributed by atoms with Crippen molar-refractivity contribution in [2.24, 2.45) is 0 Å². The number of aliphatic hydroxyl groups excluding tert-OH is 1. The van der Waals surface area contributed by atoms with Crippen LogP contribution in [0.3, 0.4) is 0 Å². The Morgan fingerprint density at radius 1 is 1.27 bits per heavy atom. The third kappa shape index (κ3) is 3.36. The molecule has 5 heteroatoms. The molecule has 0 aliphatic carbocycles. The summed E-state index contributed by atoms with van der Waals surface area (Å²) in [6, 6.07) is 3.61. The summed E-state index contributed by atoms with van der Waals surface area (Å²) in [5, 5.41) is 8.88. The number of hydrogen-bond donors (Lipinski definition) is 1. The maximum absolute atomic E-state index is 8.88. The third-order valence-electron chi connectivity index (χ3n) is 1.79. The van der Waals surface area contributed by atoms with E-state index in [9.17, 15) is 0 Å². The van der Waals surface area contributed by atoms with Gasteiger partial charge >= 0.3 is 0 Å². The standard InChI is InChI=1S/C10H12Br2O3/c1-6(5-13)15-10-4-7(11)9(14-2)3-8(10)12/h3-4,6,13H,5H2,1-2H3. The fourth-order valence-corrected chi connectivity index (χ4v) is 1.91. The molecule has 0 saturated carbocycles. The number of benzene rings is 1. The summed E-state index contributed by atoms with van der Waals surface area (Å²) in [7, 11) is 1.60. The molecule has 1 atom stereocenters. The number of methoxy groups -OCH3 is 1. The largest absolute Gasteiger partial charge is 0.496 e. The Labute approximate surface area is 106 Å². The van der Waals surface area contributed by atoms with Crippen LogP contribution in [0.5, 0.6) is 11.5 Å². The molecule has 1 unspecified atom stereocenters. The van der Waals surface area contributed by atoms with Crippen LogP contribution in [0.25, 0.3) is 0 Å². The zero-order valence-electron chi connectivity index (χ0n) is 8.46. The quantitative estimate of drug-likeness (QED) is 0.916. The van der Waals surface area contributed by atoms with Gasteiger partial charge in [0, 0.05) is 0 Å². The predicted octanol–water partition coefficient (Wildman–Crippen LogP) is 2.98. The summed E-state index contributed by atoms with van der Waals surface area (Å²) in [5.74, 6) is 1.40. The smallest absolute Gasteiger partial charge is 0.135 e. The van der Waals surface area contributed by atoms with Crippen molar-refractivity contribution in [3.05, 3.63) is 21.1 Å². The molecule has 0 aromatic heterocycles. The second-order valence-electron chi connectivity index (χ2n) is 3.03. The van der Waals surface area contributed by atoms with E-state index in [1.807, 2.05) is 6.07 Å². The van der Waals surface area contributed by atoms with Crippen molar-refractivity contribution in [1.29, 1.82) is 0 Å². The molecule has 0 fully saturated rings. The lowest BCUT2D eigenvalue weighted by Crippen LogP contribution is -2.16. The molecule has 15 heavy (non-hydrogen) atoms. The van der Waals surface area contributed by atoms with E-state index < -0.39 is 0 Å². The average Bonchev–Trinajstić information content (AvgIpc) is 2.22. The lowest BCUT2D eigenvalue weighted by Gasteiger charge is -2.14. The molecule has 3 nitrogen and oxygen atoms in total. The molecule has 0 heterocycles. The molecule has 0 aliphatic heterocycles. The van der Waals surface area contributed by atoms with Crippen molar-refractivity contribution in [1.82, 2.24) is 0 Å². The van der Waals surface area contributed by atoms with Gasteiger partial charge in [-0.25, -0.2) is 0 Å². The van der Waals surface area contributed by atoms with Gasteiger partial charge in [-0.05, 0) is 50.9 Å². The third-order valence-corrected chi connectivity index (χ3v) is 3.03. The topological polar surface area (TPSA) is 38.7 Å². The Morgan fingerprint density at radius 3 is 2.33 bits per heavy atom. The van der Waals surface area contributed by atoms with Gasteiger partial charge in [0.15, 0.2) is 0 Å². The average molecular weight is 340 g/mol. The minimum atomic E-state index is -0.235. The lowest BCUT2D eigenvalue weighted by molar-refractivity contribution is 0.129. The van der Waals surface area contributed by atoms with Crippen LogP contribution in [-0.4, -0.2) is 24.9 Å². The monoisotopic (exact) mass is 338 g/mol. The Bertz CT molecular complexity index is 342. The van der Waals surface area contributed by atoms with Crippen molar-refractivity contribution in [3.63, 3.8) is 0 Å². The SMILES string of the molecule is COc1cc(Br)c(OC(C)CO)cc1Br. The summed E-state index contributed by atoms with van der Waals surface area (Å²) in [5.41, 5.74) is 0. The van der Waals surface area contributed by atoms with Crippen molar-refractivity contribution in [2.75, 3.05) is 13.7 Å². The molecule has 84 valence electrons. The predicted molar refractivity (Wildman–Crippen MR) is 65.6 cm³/mol. The molecule has 0 spiro atoms. The van der Waals surface area contributed by atoms with Crippen molar-refractivity contribution in [2.45, 2.75) is 13.0 Å². The molecule has 1 aromatic carbocycles. The summed E-state index contributed by atoms with van der Waals surface area (Å²) in [4.78, 5) is 0. The van der Waals surface area contributed by atoms with Crippen LogP contribution < -0.4 is 9.47 Å². The number of rotatable bonds is 4. The summed E-state index contributed by atoms with van der Waals surface area (Å²) in [6.07, 6.45) is -0.235. The van der Waals surface area contributed by atoms with E-state index in [1.165, 1.54) is 0 Å². The Kier molecular flexibility index (Phi) is 4.89. The Hall–Kier alpha value is -0.260. The fourth-order valence-electron chi connectivity index (χ4n) is 1.01. The van der Waals surface area contributed by atoms with E-state index in [-0.39, 0.29) is 12.7 Å². The van der Waals surface area contributed by atoms with E-state index in [4.69, 9.17) is 14.6 Å². The van der Waals surface area contributed by atoms with Crippen LogP contribution in [-0.2, 0) is 0 Å². The van der Waals surface area contributed by atoms with Gasteiger partial charge in [-0.15, -0.1) is 0 Å². The van der Waals surface area contributed by atoms with Crippen molar-refractivity contribution >= 4 is 31.9 Å². The highest BCUT2D eigenvalue weighted by atomic mass is 79.9. The van der Waals surface area contributed by atoms with E-state index in [2.05, 4.69) is 31.9 Å². The Morgan fingerprint density at radius 2 is 1.80 bits per heavy atom. The zero-order valence-corrected chi connectivity index (χ0v) is 11.6. The van der Waals surface area contributed by atoms with E-state index in [0.29, 0.717) is 5.75 Å². The maximum atomic E-state index is 8.88. The minimum Gasteiger partial charge on any atom is -0.496 e. The van der Waals surface area contributed by atoms with Crippen LogP contribution in [0.1, 0.15) is 6.92 Å². The highest BCUT2D eigenvalue weighted by Crippen LogP contribution is 2.36. The second kappa shape index (κ2) is 5.72. The lowest BCUT2D eigenvalue weighted by atomic mass is 10.3. The second-order valence-corrected chi connectivity index (χ2v) is 4.74. The molecule has 1 N–H and O–H groups in total. The number of ether oxygens (including phenoxy) is 2. The van der Waals surface area contributed by atoms with E-state index in [0.717, 1.165) is 14.7 Å². The summed E-state index contributed by atoms with van der Waals surface area (Å²) >= 11 is 6.74. The first-order valence-electron chi connectivity index (χ1n) is 4.39. The van der Waals surface area contributed by atoms with E-state index in [1.54, 1.807) is 20.1 Å². The molecule has 0 aliphatic rings. The number of halogens is 2. The zero-order chi connectivity index (χ0) is 11.4. The summed E-state index contributed by atoms with van der Waals surface area (Å²) in [6.45, 7) is 1.78. The fraction of sp³-hybridized carbons (Fsp3) is 0.400. The van der Waals surface area contributed by atoms with Gasteiger partial charge in [-0.3, -0.25) is 0 Å². The van der Waals surface area contributed by atoms with Crippen LogP contribution in [0.4, 0.5) is 0 Å². The highest BCUT2D eigenvalue weighted by Gasteiger charge is 2.10. The molecular weight excluding hydrogens is 328 g/mol. The van der Waals surface area contributed by atoms with Crippen LogP contribution in [0, 0.1) is 0 Å². The van der Waals surface area contributed by atoms with Gasteiger partial charge in [0.2, 0.25) is 0 Å². The molecule has 0 amide bonds. The first kappa shape index (κ1) is 12.8. The van der Waals surface area contributed by atoms with Gasteiger partial charge in [0.25, 0.3) is 0 Å². The highest BCUT2D eigenvalue weighted by molar-refractivity contribution is 9.11. The van der Waals surface area contributed by atoms with Gasteiger partial charge in [0.05, 0.1) is 22.7 Å². The maximum Gasteiger partial charge on any atom is 0.135 e. The van der Waals surface area contributed by atoms with E-state index >= 15 is 0 Å². The van der Waals surface area contributed by atoms with Gasteiger partial charge in [-0.2, -0.15) is 0 Å².